The molecule has 0 aliphatic heterocycles. The summed E-state index contributed by atoms with van der Waals surface area (Å²) in [4.78, 5) is 12.3. The van der Waals surface area contributed by atoms with Crippen LogP contribution in [0.15, 0.2) is 48.5 Å². The highest BCUT2D eigenvalue weighted by atomic mass is 16.1. The smallest absolute Gasteiger partial charge is 0.251 e. The summed E-state index contributed by atoms with van der Waals surface area (Å²) in [5.41, 5.74) is 5.65. The maximum Gasteiger partial charge on any atom is 0.251 e. The molecule has 1 N–H and O–H groups in total. The summed E-state index contributed by atoms with van der Waals surface area (Å²) in [6, 6.07) is 16.6. The fourth-order valence-corrected chi connectivity index (χ4v) is 3.11. The summed E-state index contributed by atoms with van der Waals surface area (Å²) in [5, 5.41) is 4.11. The highest BCUT2D eigenvalue weighted by molar-refractivity contribution is 5.99. The molecular weight excluding hydrogens is 296 g/mol. The third-order valence-corrected chi connectivity index (χ3v) is 4.50. The van der Waals surface area contributed by atoms with E-state index in [-0.39, 0.29) is 11.9 Å². The van der Waals surface area contributed by atoms with Crippen LogP contribution in [0.4, 0.5) is 0 Å². The Morgan fingerprint density at radius 3 is 2.46 bits per heavy atom. The zero-order chi connectivity index (χ0) is 17.3. The molecule has 0 aliphatic rings. The highest BCUT2D eigenvalue weighted by Crippen LogP contribution is 2.27. The number of aryl methyl sites for hydroxylation is 1. The fraction of sp³-hybridized carbons (Fsp3) is 0.286. The van der Waals surface area contributed by atoms with E-state index < -0.39 is 0 Å². The normalized spacial score (nSPS) is 11.2. The molecule has 0 radical (unpaired) electrons. The minimum Gasteiger partial charge on any atom is -0.350 e. The molecule has 0 spiro atoms. The Kier molecular flexibility index (Phi) is 4.43. The van der Waals surface area contributed by atoms with Gasteiger partial charge in [0.25, 0.3) is 5.91 Å². The predicted molar refractivity (Wildman–Crippen MR) is 99.6 cm³/mol. The van der Waals surface area contributed by atoms with Gasteiger partial charge in [-0.1, -0.05) is 30.3 Å². The second kappa shape index (κ2) is 6.52. The fourth-order valence-electron chi connectivity index (χ4n) is 3.11. The van der Waals surface area contributed by atoms with Crippen molar-refractivity contribution in [3.8, 4) is 0 Å². The van der Waals surface area contributed by atoms with Crippen molar-refractivity contribution >= 4 is 16.8 Å². The number of amides is 1. The molecule has 0 saturated carbocycles. The van der Waals surface area contributed by atoms with Crippen molar-refractivity contribution < 1.29 is 4.79 Å². The summed E-state index contributed by atoms with van der Waals surface area (Å²) in [6.45, 7) is 9.06. The van der Waals surface area contributed by atoms with Gasteiger partial charge >= 0.3 is 0 Å². The largest absolute Gasteiger partial charge is 0.350 e. The van der Waals surface area contributed by atoms with E-state index in [0.29, 0.717) is 0 Å². The van der Waals surface area contributed by atoms with Gasteiger partial charge in [-0.2, -0.15) is 0 Å². The van der Waals surface area contributed by atoms with E-state index in [1.54, 1.807) is 0 Å². The zero-order valence-corrected chi connectivity index (χ0v) is 14.8. The third kappa shape index (κ3) is 3.07. The topological polar surface area (TPSA) is 34.0 Å². The standard InChI is InChI=1S/C21H24N2O/c1-14(2)22-21(24)18-10-11-20-19(12-18)15(3)16(4)23(20)13-17-8-6-5-7-9-17/h5-12,14H,13H2,1-4H3,(H,22,24). The van der Waals surface area contributed by atoms with Crippen molar-refractivity contribution in [3.05, 3.63) is 70.9 Å². The molecule has 0 aliphatic carbocycles. The Hall–Kier alpha value is -2.55. The van der Waals surface area contributed by atoms with E-state index >= 15 is 0 Å². The van der Waals surface area contributed by atoms with E-state index in [0.717, 1.165) is 17.5 Å². The molecule has 3 nitrogen and oxygen atoms in total. The van der Waals surface area contributed by atoms with Crippen LogP contribution in [0.5, 0.6) is 0 Å². The quantitative estimate of drug-likeness (QED) is 0.757. The monoisotopic (exact) mass is 320 g/mol. The number of carbonyl (C=O) groups excluding carboxylic acids is 1. The summed E-state index contributed by atoms with van der Waals surface area (Å²) < 4.78 is 2.32. The maximum atomic E-state index is 12.3. The second-order valence-corrected chi connectivity index (χ2v) is 6.64. The lowest BCUT2D eigenvalue weighted by Gasteiger charge is -2.10. The molecule has 124 valence electrons. The van der Waals surface area contributed by atoms with Gasteiger partial charge in [-0.3, -0.25) is 4.79 Å². The van der Waals surface area contributed by atoms with Crippen molar-refractivity contribution in [1.29, 1.82) is 0 Å². The van der Waals surface area contributed by atoms with Crippen LogP contribution in [0.25, 0.3) is 10.9 Å². The van der Waals surface area contributed by atoms with Crippen LogP contribution in [-0.4, -0.2) is 16.5 Å². The molecule has 0 atom stereocenters. The van der Waals surface area contributed by atoms with Crippen LogP contribution in [0.3, 0.4) is 0 Å². The van der Waals surface area contributed by atoms with E-state index in [4.69, 9.17) is 0 Å². The molecule has 1 heterocycles. The minimum absolute atomic E-state index is 0.0141. The van der Waals surface area contributed by atoms with Gasteiger partial charge in [0, 0.05) is 34.7 Å². The molecule has 1 amide bonds. The van der Waals surface area contributed by atoms with Crippen molar-refractivity contribution in [3.63, 3.8) is 0 Å². The minimum atomic E-state index is -0.0141. The van der Waals surface area contributed by atoms with Crippen molar-refractivity contribution in [2.24, 2.45) is 0 Å². The number of fused-ring (bicyclic) bond motifs is 1. The third-order valence-electron chi connectivity index (χ3n) is 4.50. The first kappa shape index (κ1) is 16.3. The molecule has 2 aromatic carbocycles. The summed E-state index contributed by atoms with van der Waals surface area (Å²) >= 11 is 0. The number of hydrogen-bond acceptors (Lipinski definition) is 1. The van der Waals surface area contributed by atoms with Gasteiger partial charge in [0.2, 0.25) is 0 Å². The molecule has 0 bridgehead atoms. The SMILES string of the molecule is Cc1c(C)n(Cc2ccccc2)c2ccc(C(=O)NC(C)C)cc12. The second-order valence-electron chi connectivity index (χ2n) is 6.64. The average molecular weight is 320 g/mol. The summed E-state index contributed by atoms with van der Waals surface area (Å²) in [6.07, 6.45) is 0. The number of rotatable bonds is 4. The molecule has 24 heavy (non-hydrogen) atoms. The van der Waals surface area contributed by atoms with Gasteiger partial charge < -0.3 is 9.88 Å². The predicted octanol–water partition coefficient (Wildman–Crippen LogP) is 4.44. The lowest BCUT2D eigenvalue weighted by molar-refractivity contribution is 0.0943. The zero-order valence-electron chi connectivity index (χ0n) is 14.8. The first-order chi connectivity index (χ1) is 11.5. The first-order valence-corrected chi connectivity index (χ1v) is 8.41. The van der Waals surface area contributed by atoms with Gasteiger partial charge in [0.1, 0.15) is 0 Å². The number of nitrogens with zero attached hydrogens (tertiary/aromatic N) is 1. The Balaban J connectivity index is 2.03. The van der Waals surface area contributed by atoms with Crippen LogP contribution >= 0.6 is 0 Å². The molecular formula is C21H24N2O. The molecule has 0 saturated heterocycles. The van der Waals surface area contributed by atoms with Gasteiger partial charge in [0.15, 0.2) is 0 Å². The molecule has 3 heteroatoms. The number of hydrogen-bond donors (Lipinski definition) is 1. The first-order valence-electron chi connectivity index (χ1n) is 8.41. The van der Waals surface area contributed by atoms with E-state index in [1.807, 2.05) is 32.0 Å². The van der Waals surface area contributed by atoms with Gasteiger partial charge in [-0.05, 0) is 57.0 Å². The van der Waals surface area contributed by atoms with Crippen molar-refractivity contribution in [2.45, 2.75) is 40.3 Å². The lowest BCUT2D eigenvalue weighted by Crippen LogP contribution is -2.29. The van der Waals surface area contributed by atoms with Crippen molar-refractivity contribution in [2.75, 3.05) is 0 Å². The number of benzene rings is 2. The molecule has 0 fully saturated rings. The maximum absolute atomic E-state index is 12.3. The molecule has 0 unspecified atom stereocenters. The average Bonchev–Trinajstić information content (AvgIpc) is 2.80. The Morgan fingerprint density at radius 2 is 1.79 bits per heavy atom. The Labute approximate surface area is 143 Å². The number of nitrogens with one attached hydrogen (secondary N) is 1. The Bertz CT molecular complexity index is 876. The van der Waals surface area contributed by atoms with E-state index in [2.05, 4.69) is 54.1 Å². The van der Waals surface area contributed by atoms with E-state index in [9.17, 15) is 4.79 Å². The lowest BCUT2D eigenvalue weighted by atomic mass is 10.1. The molecule has 3 rings (SSSR count). The molecule has 3 aromatic rings. The Morgan fingerprint density at radius 1 is 1.08 bits per heavy atom. The van der Waals surface area contributed by atoms with Gasteiger partial charge in [-0.15, -0.1) is 0 Å². The van der Waals surface area contributed by atoms with Gasteiger partial charge in [0.05, 0.1) is 0 Å². The summed E-state index contributed by atoms with van der Waals surface area (Å²) in [5.74, 6) is -0.0141. The van der Waals surface area contributed by atoms with Crippen LogP contribution in [-0.2, 0) is 6.54 Å². The van der Waals surface area contributed by atoms with E-state index in [1.165, 1.54) is 22.3 Å². The number of aromatic nitrogens is 1. The van der Waals surface area contributed by atoms with Crippen LogP contribution in [0.2, 0.25) is 0 Å². The number of carbonyl (C=O) groups is 1. The van der Waals surface area contributed by atoms with Gasteiger partial charge in [-0.25, -0.2) is 0 Å². The van der Waals surface area contributed by atoms with Crippen LogP contribution in [0, 0.1) is 13.8 Å². The summed E-state index contributed by atoms with van der Waals surface area (Å²) in [7, 11) is 0. The highest BCUT2D eigenvalue weighted by Gasteiger charge is 2.14. The van der Waals surface area contributed by atoms with Crippen molar-refractivity contribution in [1.82, 2.24) is 9.88 Å². The van der Waals surface area contributed by atoms with Crippen LogP contribution < -0.4 is 5.32 Å². The van der Waals surface area contributed by atoms with Crippen LogP contribution in [0.1, 0.15) is 41.0 Å². The molecule has 1 aromatic heterocycles.